The fourth-order valence-corrected chi connectivity index (χ4v) is 3.27. The average Bonchev–Trinajstić information content (AvgIpc) is 2.85. The van der Waals surface area contributed by atoms with Crippen molar-refractivity contribution in [3.8, 4) is 0 Å². The van der Waals surface area contributed by atoms with E-state index >= 15 is 0 Å². The van der Waals surface area contributed by atoms with Crippen molar-refractivity contribution in [1.82, 2.24) is 20.1 Å². The number of hydrogen-bond donors (Lipinski definition) is 1. The molecule has 1 fully saturated rings. The Morgan fingerprint density at radius 1 is 1.26 bits per heavy atom. The molecule has 1 aromatic rings. The average molecular weight is 264 g/mol. The smallest absolute Gasteiger partial charge is 0.141 e. The van der Waals surface area contributed by atoms with Gasteiger partial charge in [-0.3, -0.25) is 0 Å². The lowest BCUT2D eigenvalue weighted by molar-refractivity contribution is 0.203. The highest BCUT2D eigenvalue weighted by molar-refractivity contribution is 4.89. The number of nitrogens with one attached hydrogen (secondary N) is 1. The van der Waals surface area contributed by atoms with Crippen molar-refractivity contribution in [2.24, 2.45) is 11.8 Å². The van der Waals surface area contributed by atoms with Crippen LogP contribution in [-0.2, 0) is 6.54 Å². The third kappa shape index (κ3) is 3.56. The molecule has 0 saturated heterocycles. The Hall–Kier alpha value is -0.900. The van der Waals surface area contributed by atoms with Crippen LogP contribution in [-0.4, -0.2) is 20.8 Å². The Kier molecular flexibility index (Phi) is 4.97. The van der Waals surface area contributed by atoms with Gasteiger partial charge < -0.3 is 5.32 Å². The van der Waals surface area contributed by atoms with E-state index in [-0.39, 0.29) is 0 Å². The first kappa shape index (κ1) is 14.5. The van der Waals surface area contributed by atoms with Gasteiger partial charge in [-0.15, -0.1) is 0 Å². The molecule has 19 heavy (non-hydrogen) atoms. The van der Waals surface area contributed by atoms with Gasteiger partial charge in [0.2, 0.25) is 0 Å². The van der Waals surface area contributed by atoms with Crippen LogP contribution in [0, 0.1) is 11.8 Å². The lowest BCUT2D eigenvalue weighted by atomic mass is 9.78. The molecular weight excluding hydrogens is 236 g/mol. The SMILES string of the molecule is CC(C)C1CCCCC1NCc1ncnn1C(C)C. The van der Waals surface area contributed by atoms with Crippen molar-refractivity contribution < 1.29 is 0 Å². The second-order valence-electron chi connectivity index (χ2n) is 6.39. The van der Waals surface area contributed by atoms with Gasteiger partial charge in [-0.05, 0) is 38.5 Å². The molecule has 0 amide bonds. The summed E-state index contributed by atoms with van der Waals surface area (Å²) in [7, 11) is 0. The van der Waals surface area contributed by atoms with E-state index < -0.39 is 0 Å². The summed E-state index contributed by atoms with van der Waals surface area (Å²) in [5.41, 5.74) is 0. The van der Waals surface area contributed by atoms with Crippen LogP contribution in [0.3, 0.4) is 0 Å². The molecule has 4 nitrogen and oxygen atoms in total. The third-order valence-electron chi connectivity index (χ3n) is 4.33. The third-order valence-corrected chi connectivity index (χ3v) is 4.33. The first-order chi connectivity index (χ1) is 9.09. The molecule has 4 heteroatoms. The summed E-state index contributed by atoms with van der Waals surface area (Å²) in [6, 6.07) is 1.03. The Labute approximate surface area is 117 Å². The van der Waals surface area contributed by atoms with Crippen molar-refractivity contribution in [1.29, 1.82) is 0 Å². The van der Waals surface area contributed by atoms with Gasteiger partial charge in [-0.2, -0.15) is 5.10 Å². The minimum atomic E-state index is 0.381. The van der Waals surface area contributed by atoms with E-state index in [1.807, 2.05) is 4.68 Å². The Balaban J connectivity index is 1.95. The van der Waals surface area contributed by atoms with Gasteiger partial charge in [0.25, 0.3) is 0 Å². The molecule has 2 unspecified atom stereocenters. The number of aromatic nitrogens is 3. The molecule has 2 atom stereocenters. The lowest BCUT2D eigenvalue weighted by Gasteiger charge is -2.35. The molecule has 1 aromatic heterocycles. The van der Waals surface area contributed by atoms with E-state index in [4.69, 9.17) is 0 Å². The van der Waals surface area contributed by atoms with Crippen LogP contribution in [0.1, 0.15) is 65.2 Å². The summed E-state index contributed by atoms with van der Waals surface area (Å²) in [6.45, 7) is 9.83. The standard InChI is InChI=1S/C15H28N4/c1-11(2)13-7-5-6-8-14(13)16-9-15-17-10-18-19(15)12(3)4/h10-14,16H,5-9H2,1-4H3. The van der Waals surface area contributed by atoms with Crippen molar-refractivity contribution in [3.05, 3.63) is 12.2 Å². The Bertz CT molecular complexity index is 383. The summed E-state index contributed by atoms with van der Waals surface area (Å²) in [6.07, 6.45) is 7.09. The van der Waals surface area contributed by atoms with Crippen LogP contribution < -0.4 is 5.32 Å². The monoisotopic (exact) mass is 264 g/mol. The summed E-state index contributed by atoms with van der Waals surface area (Å²) in [5, 5.41) is 8.03. The number of rotatable bonds is 5. The van der Waals surface area contributed by atoms with Crippen LogP contribution in [0.25, 0.3) is 0 Å². The summed E-state index contributed by atoms with van der Waals surface area (Å²) in [4.78, 5) is 4.38. The maximum atomic E-state index is 4.38. The highest BCUT2D eigenvalue weighted by Crippen LogP contribution is 2.30. The van der Waals surface area contributed by atoms with Gasteiger partial charge >= 0.3 is 0 Å². The van der Waals surface area contributed by atoms with Crippen LogP contribution in [0.5, 0.6) is 0 Å². The number of nitrogens with zero attached hydrogens (tertiary/aromatic N) is 3. The number of hydrogen-bond acceptors (Lipinski definition) is 3. The first-order valence-electron chi connectivity index (χ1n) is 7.71. The van der Waals surface area contributed by atoms with Gasteiger partial charge in [-0.1, -0.05) is 26.7 Å². The normalized spacial score (nSPS) is 24.3. The van der Waals surface area contributed by atoms with Gasteiger partial charge in [0.1, 0.15) is 12.2 Å². The van der Waals surface area contributed by atoms with Crippen molar-refractivity contribution in [2.45, 2.75) is 72.0 Å². The molecule has 108 valence electrons. The molecule has 0 aliphatic heterocycles. The largest absolute Gasteiger partial charge is 0.307 e. The minimum Gasteiger partial charge on any atom is -0.307 e. The molecule has 0 radical (unpaired) electrons. The molecule has 1 aliphatic carbocycles. The van der Waals surface area contributed by atoms with E-state index in [0.29, 0.717) is 12.1 Å². The van der Waals surface area contributed by atoms with Gasteiger partial charge in [-0.25, -0.2) is 9.67 Å². The first-order valence-corrected chi connectivity index (χ1v) is 7.71. The summed E-state index contributed by atoms with van der Waals surface area (Å²) < 4.78 is 2.01. The molecular formula is C15H28N4. The van der Waals surface area contributed by atoms with E-state index in [1.54, 1.807) is 6.33 Å². The maximum absolute atomic E-state index is 4.38. The highest BCUT2D eigenvalue weighted by Gasteiger charge is 2.27. The van der Waals surface area contributed by atoms with Gasteiger partial charge in [0, 0.05) is 12.1 Å². The van der Waals surface area contributed by atoms with Gasteiger partial charge in [0.15, 0.2) is 0 Å². The zero-order chi connectivity index (χ0) is 13.8. The lowest BCUT2D eigenvalue weighted by Crippen LogP contribution is -2.41. The zero-order valence-electron chi connectivity index (χ0n) is 12.8. The topological polar surface area (TPSA) is 42.7 Å². The fraction of sp³-hybridized carbons (Fsp3) is 0.867. The fourth-order valence-electron chi connectivity index (χ4n) is 3.27. The maximum Gasteiger partial charge on any atom is 0.141 e. The highest BCUT2D eigenvalue weighted by atomic mass is 15.4. The van der Waals surface area contributed by atoms with Crippen LogP contribution in [0.4, 0.5) is 0 Å². The minimum absolute atomic E-state index is 0.381. The molecule has 1 saturated carbocycles. The molecule has 1 N–H and O–H groups in total. The second kappa shape index (κ2) is 6.51. The Morgan fingerprint density at radius 3 is 2.68 bits per heavy atom. The molecule has 0 bridgehead atoms. The van der Waals surface area contributed by atoms with Crippen LogP contribution in [0.15, 0.2) is 6.33 Å². The molecule has 2 rings (SSSR count). The van der Waals surface area contributed by atoms with Gasteiger partial charge in [0.05, 0.1) is 6.54 Å². The van der Waals surface area contributed by atoms with Crippen molar-refractivity contribution in [3.63, 3.8) is 0 Å². The van der Waals surface area contributed by atoms with E-state index in [1.165, 1.54) is 25.7 Å². The van der Waals surface area contributed by atoms with Crippen LogP contribution in [0.2, 0.25) is 0 Å². The van der Waals surface area contributed by atoms with E-state index in [9.17, 15) is 0 Å². The predicted octanol–water partition coefficient (Wildman–Crippen LogP) is 3.16. The molecule has 1 aliphatic rings. The molecule has 0 aromatic carbocycles. The predicted molar refractivity (Wildman–Crippen MR) is 77.8 cm³/mol. The molecule has 1 heterocycles. The van der Waals surface area contributed by atoms with Crippen molar-refractivity contribution in [2.75, 3.05) is 0 Å². The van der Waals surface area contributed by atoms with Crippen molar-refractivity contribution >= 4 is 0 Å². The molecule has 0 spiro atoms. The quantitative estimate of drug-likeness (QED) is 0.888. The summed E-state index contributed by atoms with van der Waals surface area (Å²) in [5.74, 6) is 2.63. The Morgan fingerprint density at radius 2 is 2.00 bits per heavy atom. The van der Waals surface area contributed by atoms with E-state index in [0.717, 1.165) is 24.2 Å². The summed E-state index contributed by atoms with van der Waals surface area (Å²) >= 11 is 0. The second-order valence-corrected chi connectivity index (χ2v) is 6.39. The van der Waals surface area contributed by atoms with Crippen LogP contribution >= 0.6 is 0 Å². The van der Waals surface area contributed by atoms with E-state index in [2.05, 4.69) is 43.1 Å². The zero-order valence-corrected chi connectivity index (χ0v) is 12.8.